The van der Waals surface area contributed by atoms with Crippen LogP contribution in [0.15, 0.2) is 71.3 Å². The maximum atomic E-state index is 14.9. The molecule has 2 aliphatic heterocycles. The topological polar surface area (TPSA) is 85.8 Å². The van der Waals surface area contributed by atoms with E-state index in [2.05, 4.69) is 98.0 Å². The van der Waals surface area contributed by atoms with Crippen molar-refractivity contribution in [1.29, 1.82) is 0 Å². The monoisotopic (exact) mass is 947 g/mol. The normalized spacial score (nSPS) is 15.0. The van der Waals surface area contributed by atoms with Crippen LogP contribution in [0.25, 0.3) is 32.7 Å². The van der Waals surface area contributed by atoms with E-state index in [1.165, 1.54) is 193 Å². The van der Waals surface area contributed by atoms with E-state index in [9.17, 15) is 9.90 Å². The first-order chi connectivity index (χ1) is 34.5. The third kappa shape index (κ3) is 14.1. The van der Waals surface area contributed by atoms with E-state index in [4.69, 9.17) is 4.90 Å². The lowest BCUT2D eigenvalue weighted by molar-refractivity contribution is -0.109. The van der Waals surface area contributed by atoms with E-state index in [1.807, 2.05) is 6.07 Å². The Morgan fingerprint density at radius 3 is 1.41 bits per heavy atom. The van der Waals surface area contributed by atoms with Crippen LogP contribution in [0.5, 0.6) is 0 Å². The molecule has 0 saturated carbocycles. The van der Waals surface area contributed by atoms with Gasteiger partial charge >= 0.3 is 14.0 Å². The van der Waals surface area contributed by atoms with Gasteiger partial charge in [0.05, 0.1) is 16.5 Å². The van der Waals surface area contributed by atoms with Crippen LogP contribution in [0, 0.1) is 0 Å². The van der Waals surface area contributed by atoms with Crippen LogP contribution in [0.2, 0.25) is 11.6 Å². The Morgan fingerprint density at radius 1 is 0.471 bits per heavy atom. The fraction of sp³-hybridized carbons (Fsp3) is 0.613. The first-order valence-electron chi connectivity index (χ1n) is 29.5. The minimum atomic E-state index is -0.0915. The molecule has 3 aliphatic rings. The standard InChI is InChI=1S/C62H92B2N4O2/c1-5-9-13-17-21-25-29-37-49(38-30-26-22-18-14-10-6-2)63-65-53-41-33-35-47-43-45-51(59(67-63)55(47)53)57-61(69)58(62(57)70)52-46-44-48-36-34-42-54-56(48)60(52)68-64(66-54)50(39-31-27-23-19-15-11-7-3)40-32-28-24-20-16-12-8-4/h33-36,41-46,49-50,65-67,69H,5-32,37-40H2,1-4H3. The Kier molecular flexibility index (Phi) is 22.0. The van der Waals surface area contributed by atoms with Crippen LogP contribution >= 0.6 is 0 Å². The maximum Gasteiger partial charge on any atom is 0.395 e. The summed E-state index contributed by atoms with van der Waals surface area (Å²) in [5.41, 5.74) is 4.82. The maximum absolute atomic E-state index is 14.9. The second kappa shape index (κ2) is 28.7. The van der Waals surface area contributed by atoms with Crippen molar-refractivity contribution in [2.24, 2.45) is 4.90 Å². The van der Waals surface area contributed by atoms with Crippen molar-refractivity contribution in [1.82, 2.24) is 0 Å². The van der Waals surface area contributed by atoms with Crippen LogP contribution in [-0.4, -0.2) is 24.9 Å². The number of carbonyl (C=O) groups excluding carboxylic acids is 1. The SMILES string of the molecule is CCCCCCCCCC(CCCCCCCCC)B1N=c2c(=C3C(=O)C(c4ccc5cccc6c5c4NB(C(CCCCCCCCC)CCCCCCCCC)N6)=C3O)ccc3cccc(c23)N1. The van der Waals surface area contributed by atoms with Crippen molar-refractivity contribution in [3.05, 3.63) is 82.6 Å². The number of nitrogens with zero attached hydrogens (tertiary/aromatic N) is 1. The molecule has 0 aromatic heterocycles. The molecule has 0 atom stereocenters. The molecule has 0 fully saturated rings. The van der Waals surface area contributed by atoms with Gasteiger partial charge in [-0.1, -0.05) is 282 Å². The summed E-state index contributed by atoms with van der Waals surface area (Å²) in [4.78, 5) is 20.5. The lowest BCUT2D eigenvalue weighted by Gasteiger charge is -2.34. The molecule has 0 bridgehead atoms. The Balaban J connectivity index is 1.18. The number of unbranched alkanes of at least 4 members (excludes halogenated alkanes) is 24. The summed E-state index contributed by atoms with van der Waals surface area (Å²) in [6, 6.07) is 21.3. The van der Waals surface area contributed by atoms with E-state index >= 15 is 0 Å². The summed E-state index contributed by atoms with van der Waals surface area (Å²) in [7, 11) is 0. The molecule has 6 nitrogen and oxygen atoms in total. The van der Waals surface area contributed by atoms with Gasteiger partial charge in [0.2, 0.25) is 5.78 Å². The molecule has 0 unspecified atom stereocenters. The van der Waals surface area contributed by atoms with Crippen LogP contribution in [0.1, 0.15) is 239 Å². The van der Waals surface area contributed by atoms with E-state index in [0.29, 0.717) is 22.8 Å². The highest BCUT2D eigenvalue weighted by Gasteiger charge is 2.40. The number of nitrogens with one attached hydrogen (secondary N) is 3. The number of hydrogen-bond donors (Lipinski definition) is 4. The number of anilines is 3. The zero-order chi connectivity index (χ0) is 48.9. The Hall–Kier alpha value is -4.19. The molecule has 7 rings (SSSR count). The first-order valence-corrected chi connectivity index (χ1v) is 29.5. The summed E-state index contributed by atoms with van der Waals surface area (Å²) >= 11 is 0. The number of carbonyl (C=O) groups is 1. The summed E-state index contributed by atoms with van der Waals surface area (Å²) in [6.45, 7) is 9.14. The summed E-state index contributed by atoms with van der Waals surface area (Å²) in [6.07, 6.45) is 41.2. The van der Waals surface area contributed by atoms with E-state index in [1.54, 1.807) is 0 Å². The molecule has 2 heterocycles. The predicted octanol–water partition coefficient (Wildman–Crippen LogP) is 17.9. The van der Waals surface area contributed by atoms with E-state index in [-0.39, 0.29) is 25.5 Å². The van der Waals surface area contributed by atoms with Gasteiger partial charge in [0.1, 0.15) is 5.76 Å². The molecule has 4 N–H and O–H groups in total. The molecular formula is C62H92B2N4O2. The molecule has 8 heteroatoms. The molecule has 0 radical (unpaired) electrons. The van der Waals surface area contributed by atoms with Crippen LogP contribution < -0.4 is 26.3 Å². The zero-order valence-corrected chi connectivity index (χ0v) is 44.5. The van der Waals surface area contributed by atoms with Gasteiger partial charge in [-0.05, 0) is 34.5 Å². The molecular weight excluding hydrogens is 854 g/mol. The number of ketones is 1. The number of rotatable bonds is 35. The molecule has 4 aromatic carbocycles. The van der Waals surface area contributed by atoms with Crippen molar-refractivity contribution >= 4 is 69.5 Å². The third-order valence-corrected chi connectivity index (χ3v) is 16.3. The third-order valence-electron chi connectivity index (χ3n) is 16.3. The van der Waals surface area contributed by atoms with Crippen molar-refractivity contribution in [2.75, 3.05) is 15.7 Å². The zero-order valence-electron chi connectivity index (χ0n) is 44.5. The van der Waals surface area contributed by atoms with Crippen molar-refractivity contribution in [3.8, 4) is 0 Å². The van der Waals surface area contributed by atoms with Crippen LogP contribution in [0.3, 0.4) is 0 Å². The van der Waals surface area contributed by atoms with Gasteiger partial charge in [0.25, 0.3) is 0 Å². The predicted molar refractivity (Wildman–Crippen MR) is 307 cm³/mol. The van der Waals surface area contributed by atoms with Gasteiger partial charge in [0.15, 0.2) is 0 Å². The van der Waals surface area contributed by atoms with E-state index < -0.39 is 0 Å². The smallest absolute Gasteiger partial charge is 0.395 e. The summed E-state index contributed by atoms with van der Waals surface area (Å²) in [5, 5.41) is 30.3. The van der Waals surface area contributed by atoms with Crippen molar-refractivity contribution < 1.29 is 9.90 Å². The highest BCUT2D eigenvalue weighted by Crippen LogP contribution is 2.46. The average molecular weight is 947 g/mol. The molecule has 4 aromatic rings. The minimum Gasteiger partial charge on any atom is -0.506 e. The van der Waals surface area contributed by atoms with E-state index in [0.717, 1.165) is 67.6 Å². The Bertz CT molecular complexity index is 2390. The molecule has 70 heavy (non-hydrogen) atoms. The average Bonchev–Trinajstić information content (AvgIpc) is 3.37. The Labute approximate surface area is 425 Å². The fourth-order valence-electron chi connectivity index (χ4n) is 12.1. The second-order valence-corrected chi connectivity index (χ2v) is 21.8. The van der Waals surface area contributed by atoms with Crippen LogP contribution in [-0.2, 0) is 4.79 Å². The molecule has 0 saturated heterocycles. The molecule has 378 valence electrons. The number of Topliss-reactive ketones (excluding diaryl/α,β-unsaturated/α-hetero) is 1. The largest absolute Gasteiger partial charge is 0.506 e. The van der Waals surface area contributed by atoms with Crippen molar-refractivity contribution in [3.63, 3.8) is 0 Å². The number of aliphatic hydroxyl groups excluding tert-OH is 1. The lowest BCUT2D eigenvalue weighted by Crippen LogP contribution is -2.43. The van der Waals surface area contributed by atoms with Gasteiger partial charge in [0, 0.05) is 38.6 Å². The summed E-state index contributed by atoms with van der Waals surface area (Å²) in [5.74, 6) is 0.857. The highest BCUT2D eigenvalue weighted by atomic mass is 16.3. The van der Waals surface area contributed by atoms with Gasteiger partial charge < -0.3 is 25.7 Å². The minimum absolute atomic E-state index is 0.0440. The van der Waals surface area contributed by atoms with Gasteiger partial charge in [-0.25, -0.2) is 0 Å². The molecule has 0 amide bonds. The lowest BCUT2D eigenvalue weighted by atomic mass is 9.57. The highest BCUT2D eigenvalue weighted by molar-refractivity contribution is 6.69. The van der Waals surface area contributed by atoms with Crippen LogP contribution in [0.4, 0.5) is 17.1 Å². The molecule has 1 aliphatic carbocycles. The summed E-state index contributed by atoms with van der Waals surface area (Å²) < 4.78 is 0. The molecule has 0 spiro atoms. The van der Waals surface area contributed by atoms with Gasteiger partial charge in [-0.2, -0.15) is 0 Å². The van der Waals surface area contributed by atoms with Crippen molar-refractivity contribution in [2.45, 2.75) is 245 Å². The quantitative estimate of drug-likeness (QED) is 0.0273. The van der Waals surface area contributed by atoms with Gasteiger partial charge in [-0.15, -0.1) is 0 Å². The number of aliphatic hydroxyl groups is 1. The number of allylic oxidation sites excluding steroid dienone is 2. The number of hydrogen-bond acceptors (Lipinski definition) is 6. The Morgan fingerprint density at radius 2 is 0.914 bits per heavy atom. The van der Waals surface area contributed by atoms with Gasteiger partial charge in [-0.3, -0.25) is 4.79 Å². The fourth-order valence-corrected chi connectivity index (χ4v) is 12.1. The number of benzene rings is 4. The second-order valence-electron chi connectivity index (χ2n) is 21.8. The first kappa shape index (κ1) is 53.6.